The van der Waals surface area contributed by atoms with E-state index < -0.39 is 5.97 Å². The number of carbonyl (C=O) groups is 2. The van der Waals surface area contributed by atoms with Crippen LogP contribution < -0.4 is 5.32 Å². The molecule has 0 aliphatic heterocycles. The standard InChI is InChI=1S/C18H23N3O3/c1-5-12(2)19-17(22)11-24-18(23)15-6-8-16(9-7-15)21-14(4)10-13(3)20-21/h6-10,12H,5,11H2,1-4H3,(H,19,22)/t12-/m0/s1. The van der Waals surface area contributed by atoms with E-state index in [0.29, 0.717) is 5.56 Å². The first-order valence-electron chi connectivity index (χ1n) is 8.01. The van der Waals surface area contributed by atoms with E-state index in [1.165, 1.54) is 0 Å². The van der Waals surface area contributed by atoms with Crippen molar-refractivity contribution in [2.75, 3.05) is 6.61 Å². The first-order chi connectivity index (χ1) is 11.4. The lowest BCUT2D eigenvalue weighted by Crippen LogP contribution is -2.35. The highest BCUT2D eigenvalue weighted by Crippen LogP contribution is 2.13. The monoisotopic (exact) mass is 329 g/mol. The molecular weight excluding hydrogens is 306 g/mol. The van der Waals surface area contributed by atoms with Crippen molar-refractivity contribution in [1.29, 1.82) is 0 Å². The van der Waals surface area contributed by atoms with Gasteiger partial charge in [-0.15, -0.1) is 0 Å². The fraction of sp³-hybridized carbons (Fsp3) is 0.389. The predicted molar refractivity (Wildman–Crippen MR) is 91.2 cm³/mol. The average Bonchev–Trinajstić information content (AvgIpc) is 2.91. The van der Waals surface area contributed by atoms with Gasteiger partial charge in [0.1, 0.15) is 0 Å². The molecular formula is C18H23N3O3. The van der Waals surface area contributed by atoms with Crippen molar-refractivity contribution in [2.45, 2.75) is 40.2 Å². The lowest BCUT2D eigenvalue weighted by Gasteiger charge is -2.11. The van der Waals surface area contributed by atoms with Gasteiger partial charge >= 0.3 is 5.97 Å². The summed E-state index contributed by atoms with van der Waals surface area (Å²) < 4.78 is 6.84. The summed E-state index contributed by atoms with van der Waals surface area (Å²) in [5.74, 6) is -0.814. The summed E-state index contributed by atoms with van der Waals surface area (Å²) in [7, 11) is 0. The summed E-state index contributed by atoms with van der Waals surface area (Å²) in [6.45, 7) is 7.50. The van der Waals surface area contributed by atoms with Gasteiger partial charge < -0.3 is 10.1 Å². The van der Waals surface area contributed by atoms with E-state index in [-0.39, 0.29) is 18.6 Å². The number of nitrogens with one attached hydrogen (secondary N) is 1. The zero-order valence-electron chi connectivity index (χ0n) is 14.5. The van der Waals surface area contributed by atoms with Crippen LogP contribution in [0.4, 0.5) is 0 Å². The summed E-state index contributed by atoms with van der Waals surface area (Å²) in [4.78, 5) is 23.6. The first-order valence-corrected chi connectivity index (χ1v) is 8.01. The third-order valence-electron chi connectivity index (χ3n) is 3.71. The fourth-order valence-corrected chi connectivity index (χ4v) is 2.26. The molecule has 1 aromatic carbocycles. The Morgan fingerprint density at radius 2 is 1.92 bits per heavy atom. The van der Waals surface area contributed by atoms with Crippen LogP contribution in [0.5, 0.6) is 0 Å². The Bertz CT molecular complexity index is 720. The Morgan fingerprint density at radius 1 is 1.25 bits per heavy atom. The Morgan fingerprint density at radius 3 is 2.46 bits per heavy atom. The molecule has 2 aromatic rings. The van der Waals surface area contributed by atoms with Crippen molar-refractivity contribution in [1.82, 2.24) is 15.1 Å². The minimum absolute atomic E-state index is 0.0660. The number of rotatable bonds is 6. The topological polar surface area (TPSA) is 73.2 Å². The van der Waals surface area contributed by atoms with Gasteiger partial charge in [-0.2, -0.15) is 5.10 Å². The molecule has 1 N–H and O–H groups in total. The van der Waals surface area contributed by atoms with Crippen LogP contribution in [0.15, 0.2) is 30.3 Å². The number of hydrogen-bond acceptors (Lipinski definition) is 4. The summed E-state index contributed by atoms with van der Waals surface area (Å²) in [6.07, 6.45) is 0.827. The number of nitrogens with zero attached hydrogens (tertiary/aromatic N) is 2. The van der Waals surface area contributed by atoms with Crippen LogP contribution in [0.3, 0.4) is 0 Å². The van der Waals surface area contributed by atoms with Crippen LogP contribution in [0, 0.1) is 13.8 Å². The maximum atomic E-state index is 12.0. The molecule has 1 aromatic heterocycles. The van der Waals surface area contributed by atoms with Gasteiger partial charge in [-0.1, -0.05) is 6.92 Å². The number of aryl methyl sites for hydroxylation is 2. The molecule has 0 aliphatic rings. The van der Waals surface area contributed by atoms with Gasteiger partial charge in [0, 0.05) is 11.7 Å². The average molecular weight is 329 g/mol. The molecule has 2 rings (SSSR count). The van der Waals surface area contributed by atoms with Crippen LogP contribution in [-0.4, -0.2) is 34.3 Å². The lowest BCUT2D eigenvalue weighted by atomic mass is 10.2. The molecule has 0 aliphatic carbocycles. The number of benzene rings is 1. The van der Waals surface area contributed by atoms with Crippen molar-refractivity contribution < 1.29 is 14.3 Å². The minimum Gasteiger partial charge on any atom is -0.452 e. The largest absolute Gasteiger partial charge is 0.452 e. The number of hydrogen-bond donors (Lipinski definition) is 1. The van der Waals surface area contributed by atoms with Crippen LogP contribution in [0.1, 0.15) is 42.0 Å². The first kappa shape index (κ1) is 17.7. The summed E-state index contributed by atoms with van der Waals surface area (Å²) in [5.41, 5.74) is 3.22. The summed E-state index contributed by atoms with van der Waals surface area (Å²) in [6, 6.07) is 8.99. The smallest absolute Gasteiger partial charge is 0.338 e. The fourth-order valence-electron chi connectivity index (χ4n) is 2.26. The highest BCUT2D eigenvalue weighted by atomic mass is 16.5. The molecule has 0 unspecified atom stereocenters. The minimum atomic E-state index is -0.519. The van der Waals surface area contributed by atoms with Gasteiger partial charge in [0.2, 0.25) is 0 Å². The molecule has 0 spiro atoms. The highest BCUT2D eigenvalue weighted by molar-refractivity contribution is 5.91. The molecule has 1 heterocycles. The van der Waals surface area contributed by atoms with Crippen molar-refractivity contribution in [3.8, 4) is 5.69 Å². The van der Waals surface area contributed by atoms with Gasteiger partial charge in [-0.05, 0) is 57.5 Å². The summed E-state index contributed by atoms with van der Waals surface area (Å²) in [5, 5.41) is 7.15. The molecule has 0 saturated carbocycles. The van der Waals surface area contributed by atoms with Gasteiger partial charge in [0.15, 0.2) is 6.61 Å². The number of amides is 1. The molecule has 128 valence electrons. The third kappa shape index (κ3) is 4.44. The molecule has 1 atom stereocenters. The summed E-state index contributed by atoms with van der Waals surface area (Å²) >= 11 is 0. The zero-order valence-corrected chi connectivity index (χ0v) is 14.5. The van der Waals surface area contributed by atoms with E-state index in [2.05, 4.69) is 10.4 Å². The van der Waals surface area contributed by atoms with E-state index in [1.807, 2.05) is 38.4 Å². The Kier molecular flexibility index (Phi) is 5.73. The van der Waals surface area contributed by atoms with Crippen LogP contribution in [-0.2, 0) is 9.53 Å². The predicted octanol–water partition coefficient (Wildman–Crippen LogP) is 2.56. The second-order valence-electron chi connectivity index (χ2n) is 5.84. The molecule has 0 saturated heterocycles. The van der Waals surface area contributed by atoms with E-state index in [9.17, 15) is 9.59 Å². The van der Waals surface area contributed by atoms with Crippen LogP contribution in [0.25, 0.3) is 5.69 Å². The van der Waals surface area contributed by atoms with E-state index in [1.54, 1.807) is 24.3 Å². The molecule has 6 heteroatoms. The quantitative estimate of drug-likeness (QED) is 0.827. The van der Waals surface area contributed by atoms with Gasteiger partial charge in [-0.25, -0.2) is 9.48 Å². The third-order valence-corrected chi connectivity index (χ3v) is 3.71. The van der Waals surface area contributed by atoms with E-state index in [0.717, 1.165) is 23.5 Å². The van der Waals surface area contributed by atoms with Crippen molar-refractivity contribution in [3.63, 3.8) is 0 Å². The Hall–Kier alpha value is -2.63. The normalized spacial score (nSPS) is 11.8. The Labute approximate surface area is 141 Å². The Balaban J connectivity index is 1.96. The number of esters is 1. The SMILES string of the molecule is CC[C@H](C)NC(=O)COC(=O)c1ccc(-n2nc(C)cc2C)cc1. The maximum Gasteiger partial charge on any atom is 0.338 e. The maximum absolute atomic E-state index is 12.0. The highest BCUT2D eigenvalue weighted by Gasteiger charge is 2.12. The van der Waals surface area contributed by atoms with E-state index >= 15 is 0 Å². The number of carbonyl (C=O) groups excluding carboxylic acids is 2. The van der Waals surface area contributed by atoms with E-state index in [4.69, 9.17) is 4.74 Å². The number of aromatic nitrogens is 2. The van der Waals surface area contributed by atoms with Crippen molar-refractivity contribution in [2.24, 2.45) is 0 Å². The van der Waals surface area contributed by atoms with Gasteiger partial charge in [-0.3, -0.25) is 4.79 Å². The molecule has 1 amide bonds. The second-order valence-corrected chi connectivity index (χ2v) is 5.84. The van der Waals surface area contributed by atoms with Gasteiger partial charge in [0.25, 0.3) is 5.91 Å². The molecule has 6 nitrogen and oxygen atoms in total. The van der Waals surface area contributed by atoms with Crippen molar-refractivity contribution in [3.05, 3.63) is 47.3 Å². The lowest BCUT2D eigenvalue weighted by molar-refractivity contribution is -0.124. The van der Waals surface area contributed by atoms with Crippen LogP contribution >= 0.6 is 0 Å². The molecule has 0 bridgehead atoms. The molecule has 24 heavy (non-hydrogen) atoms. The van der Waals surface area contributed by atoms with Crippen molar-refractivity contribution >= 4 is 11.9 Å². The molecule has 0 fully saturated rings. The zero-order chi connectivity index (χ0) is 17.7. The van der Waals surface area contributed by atoms with Crippen LogP contribution in [0.2, 0.25) is 0 Å². The molecule has 0 radical (unpaired) electrons. The second kappa shape index (κ2) is 7.77. The number of ether oxygens (including phenoxy) is 1. The van der Waals surface area contributed by atoms with Gasteiger partial charge in [0.05, 0.1) is 16.9 Å².